The first-order valence-electron chi connectivity index (χ1n) is 6.32. The van der Waals surface area contributed by atoms with Gasteiger partial charge in [0.15, 0.2) is 0 Å². The van der Waals surface area contributed by atoms with Crippen LogP contribution in [0.5, 0.6) is 0 Å². The Morgan fingerprint density at radius 2 is 2.00 bits per heavy atom. The summed E-state index contributed by atoms with van der Waals surface area (Å²) in [6.07, 6.45) is 1.90. The summed E-state index contributed by atoms with van der Waals surface area (Å²) in [5, 5.41) is 0. The lowest BCUT2D eigenvalue weighted by Gasteiger charge is -2.22. The number of esters is 1. The molecule has 2 rings (SSSR count). The number of carbonyl (C=O) groups excluding carboxylic acids is 1. The molecule has 1 aromatic carbocycles. The molecule has 98 valence electrons. The Morgan fingerprint density at radius 1 is 1.33 bits per heavy atom. The summed E-state index contributed by atoms with van der Waals surface area (Å²) in [4.78, 5) is 11.8. The molecule has 1 aliphatic rings. The fraction of sp³-hybridized carbons (Fsp3) is 0.500. The summed E-state index contributed by atoms with van der Waals surface area (Å²) in [5.41, 5.74) is 6.64. The quantitative estimate of drug-likeness (QED) is 0.824. The van der Waals surface area contributed by atoms with Crippen molar-refractivity contribution in [1.29, 1.82) is 0 Å². The van der Waals surface area contributed by atoms with Crippen LogP contribution in [0.15, 0.2) is 30.3 Å². The summed E-state index contributed by atoms with van der Waals surface area (Å²) in [5.74, 6) is 0.0540. The van der Waals surface area contributed by atoms with Crippen molar-refractivity contribution in [1.82, 2.24) is 0 Å². The van der Waals surface area contributed by atoms with Gasteiger partial charge in [-0.3, -0.25) is 0 Å². The lowest BCUT2D eigenvalue weighted by molar-refractivity contribution is -0.147. The highest BCUT2D eigenvalue weighted by Gasteiger charge is 2.20. The van der Waals surface area contributed by atoms with Gasteiger partial charge >= 0.3 is 5.97 Å². The molecule has 1 saturated heterocycles. The predicted molar refractivity (Wildman–Crippen MR) is 67.9 cm³/mol. The molecule has 0 unspecified atom stereocenters. The zero-order valence-corrected chi connectivity index (χ0v) is 10.4. The van der Waals surface area contributed by atoms with Crippen molar-refractivity contribution >= 4 is 5.97 Å². The number of hydrogen-bond acceptors (Lipinski definition) is 4. The molecule has 0 radical (unpaired) electrons. The van der Waals surface area contributed by atoms with E-state index in [1.807, 2.05) is 30.3 Å². The van der Waals surface area contributed by atoms with E-state index in [2.05, 4.69) is 0 Å². The van der Waals surface area contributed by atoms with Crippen LogP contribution in [0, 0.1) is 5.92 Å². The SMILES string of the molecule is N[C@@H](C(=O)OCC1CCOCC1)c1ccccc1. The molecule has 0 aromatic heterocycles. The molecule has 0 amide bonds. The molecule has 1 atom stereocenters. The fourth-order valence-electron chi connectivity index (χ4n) is 2.00. The Labute approximate surface area is 107 Å². The van der Waals surface area contributed by atoms with Crippen molar-refractivity contribution in [3.63, 3.8) is 0 Å². The third kappa shape index (κ3) is 3.55. The van der Waals surface area contributed by atoms with Crippen molar-refractivity contribution in [2.75, 3.05) is 19.8 Å². The molecular weight excluding hydrogens is 230 g/mol. The maximum Gasteiger partial charge on any atom is 0.327 e. The van der Waals surface area contributed by atoms with E-state index < -0.39 is 6.04 Å². The summed E-state index contributed by atoms with van der Waals surface area (Å²) < 4.78 is 10.5. The fourth-order valence-corrected chi connectivity index (χ4v) is 2.00. The van der Waals surface area contributed by atoms with E-state index >= 15 is 0 Å². The molecular formula is C14H19NO3. The van der Waals surface area contributed by atoms with Crippen molar-refractivity contribution < 1.29 is 14.3 Å². The summed E-state index contributed by atoms with van der Waals surface area (Å²) >= 11 is 0. The van der Waals surface area contributed by atoms with E-state index in [9.17, 15) is 4.79 Å². The van der Waals surface area contributed by atoms with Gasteiger partial charge in [0.1, 0.15) is 6.04 Å². The smallest absolute Gasteiger partial charge is 0.327 e. The number of carbonyl (C=O) groups is 1. The molecule has 1 aromatic rings. The van der Waals surface area contributed by atoms with Crippen LogP contribution < -0.4 is 5.73 Å². The molecule has 0 bridgehead atoms. The highest BCUT2D eigenvalue weighted by molar-refractivity contribution is 5.77. The van der Waals surface area contributed by atoms with E-state index in [1.165, 1.54) is 0 Å². The zero-order chi connectivity index (χ0) is 12.8. The normalized spacial score (nSPS) is 18.3. The van der Waals surface area contributed by atoms with Crippen LogP contribution in [0.3, 0.4) is 0 Å². The Morgan fingerprint density at radius 3 is 2.67 bits per heavy atom. The largest absolute Gasteiger partial charge is 0.464 e. The molecule has 0 spiro atoms. The first kappa shape index (κ1) is 13.1. The molecule has 4 heteroatoms. The maximum absolute atomic E-state index is 11.8. The van der Waals surface area contributed by atoms with Gasteiger partial charge < -0.3 is 15.2 Å². The first-order valence-corrected chi connectivity index (χ1v) is 6.32. The lowest BCUT2D eigenvalue weighted by atomic mass is 10.0. The molecule has 1 heterocycles. The van der Waals surface area contributed by atoms with Crippen LogP contribution in [-0.4, -0.2) is 25.8 Å². The number of benzene rings is 1. The van der Waals surface area contributed by atoms with Crippen LogP contribution in [-0.2, 0) is 14.3 Å². The zero-order valence-electron chi connectivity index (χ0n) is 10.4. The molecule has 18 heavy (non-hydrogen) atoms. The minimum absolute atomic E-state index is 0.354. The van der Waals surface area contributed by atoms with Crippen LogP contribution in [0.25, 0.3) is 0 Å². The number of hydrogen-bond donors (Lipinski definition) is 1. The van der Waals surface area contributed by atoms with Gasteiger partial charge in [0.25, 0.3) is 0 Å². The van der Waals surface area contributed by atoms with E-state index in [1.54, 1.807) is 0 Å². The van der Waals surface area contributed by atoms with Crippen LogP contribution in [0.2, 0.25) is 0 Å². The molecule has 0 saturated carbocycles. The predicted octanol–water partition coefficient (Wildman–Crippen LogP) is 1.66. The van der Waals surface area contributed by atoms with Crippen molar-refractivity contribution in [2.45, 2.75) is 18.9 Å². The highest BCUT2D eigenvalue weighted by atomic mass is 16.5. The Kier molecular flexibility index (Phi) is 4.73. The number of nitrogens with two attached hydrogens (primary N) is 1. The van der Waals surface area contributed by atoms with Gasteiger partial charge in [0, 0.05) is 13.2 Å². The number of ether oxygens (including phenoxy) is 2. The van der Waals surface area contributed by atoms with Gasteiger partial charge in [-0.15, -0.1) is 0 Å². The third-order valence-corrected chi connectivity index (χ3v) is 3.21. The number of rotatable bonds is 4. The van der Waals surface area contributed by atoms with E-state index in [-0.39, 0.29) is 5.97 Å². The first-order chi connectivity index (χ1) is 8.77. The second-order valence-electron chi connectivity index (χ2n) is 4.57. The average molecular weight is 249 g/mol. The Balaban J connectivity index is 1.80. The second-order valence-corrected chi connectivity index (χ2v) is 4.57. The maximum atomic E-state index is 11.8. The molecule has 2 N–H and O–H groups in total. The highest BCUT2D eigenvalue weighted by Crippen LogP contribution is 2.17. The van der Waals surface area contributed by atoms with E-state index in [0.717, 1.165) is 31.6 Å². The molecule has 0 aliphatic carbocycles. The minimum Gasteiger partial charge on any atom is -0.464 e. The molecule has 1 fully saturated rings. The van der Waals surface area contributed by atoms with Gasteiger partial charge in [0.05, 0.1) is 6.61 Å². The van der Waals surface area contributed by atoms with Crippen LogP contribution in [0.4, 0.5) is 0 Å². The van der Waals surface area contributed by atoms with Crippen molar-refractivity contribution in [2.24, 2.45) is 11.7 Å². The van der Waals surface area contributed by atoms with Crippen LogP contribution in [0.1, 0.15) is 24.4 Å². The second kappa shape index (κ2) is 6.52. The monoisotopic (exact) mass is 249 g/mol. The van der Waals surface area contributed by atoms with E-state index in [0.29, 0.717) is 12.5 Å². The topological polar surface area (TPSA) is 61.6 Å². The molecule has 4 nitrogen and oxygen atoms in total. The molecule has 1 aliphatic heterocycles. The Hall–Kier alpha value is -1.39. The summed E-state index contributed by atoms with van der Waals surface area (Å²) in [7, 11) is 0. The van der Waals surface area contributed by atoms with Crippen molar-refractivity contribution in [3.8, 4) is 0 Å². The average Bonchev–Trinajstić information content (AvgIpc) is 2.46. The third-order valence-electron chi connectivity index (χ3n) is 3.21. The van der Waals surface area contributed by atoms with Gasteiger partial charge in [-0.1, -0.05) is 30.3 Å². The van der Waals surface area contributed by atoms with Gasteiger partial charge in [-0.05, 0) is 24.3 Å². The van der Waals surface area contributed by atoms with Crippen molar-refractivity contribution in [3.05, 3.63) is 35.9 Å². The Bertz CT molecular complexity index is 374. The standard InChI is InChI=1S/C14H19NO3/c15-13(12-4-2-1-3-5-12)14(16)18-10-11-6-8-17-9-7-11/h1-5,11,13H,6-10,15H2/t13-/m1/s1. The summed E-state index contributed by atoms with van der Waals surface area (Å²) in [6.45, 7) is 1.96. The van der Waals surface area contributed by atoms with Crippen LogP contribution >= 0.6 is 0 Å². The van der Waals surface area contributed by atoms with E-state index in [4.69, 9.17) is 15.2 Å². The minimum atomic E-state index is -0.689. The van der Waals surface area contributed by atoms with Gasteiger partial charge in [0.2, 0.25) is 0 Å². The van der Waals surface area contributed by atoms with Gasteiger partial charge in [-0.25, -0.2) is 4.79 Å². The lowest BCUT2D eigenvalue weighted by Crippen LogP contribution is -2.27. The summed E-state index contributed by atoms with van der Waals surface area (Å²) in [6, 6.07) is 8.60. The van der Waals surface area contributed by atoms with Gasteiger partial charge in [-0.2, -0.15) is 0 Å².